The number of thiocarbonyl (C=S) groups is 1. The summed E-state index contributed by atoms with van der Waals surface area (Å²) in [4.78, 5) is 7.04. The lowest BCUT2D eigenvalue weighted by atomic mass is 10.1. The molecule has 0 radical (unpaired) electrons. The van der Waals surface area contributed by atoms with Crippen LogP contribution in [0.2, 0.25) is 0 Å². The van der Waals surface area contributed by atoms with Gasteiger partial charge in [-0.05, 0) is 30.5 Å². The number of rotatable bonds is 5. The van der Waals surface area contributed by atoms with E-state index in [0.29, 0.717) is 11.4 Å². The molecule has 0 aliphatic carbocycles. The Morgan fingerprint density at radius 3 is 2.89 bits per heavy atom. The lowest BCUT2D eigenvalue weighted by Crippen LogP contribution is -2.28. The molecule has 0 atom stereocenters. The van der Waals surface area contributed by atoms with Crippen LogP contribution in [0.5, 0.6) is 5.75 Å². The maximum absolute atomic E-state index is 9.64. The van der Waals surface area contributed by atoms with Crippen molar-refractivity contribution in [2.75, 3.05) is 18.0 Å². The largest absolute Gasteiger partial charge is 0.508 e. The average molecular weight is 275 g/mol. The van der Waals surface area contributed by atoms with Gasteiger partial charge in [-0.2, -0.15) is 0 Å². The normalized spacial score (nSPS) is 10.6. The highest BCUT2D eigenvalue weighted by Crippen LogP contribution is 2.27. The van der Waals surface area contributed by atoms with Crippen LogP contribution in [0.25, 0.3) is 10.8 Å². The van der Waals surface area contributed by atoms with E-state index in [4.69, 9.17) is 18.0 Å². The molecule has 0 aliphatic heterocycles. The number of fused-ring (bicyclic) bond motifs is 1. The van der Waals surface area contributed by atoms with Crippen molar-refractivity contribution in [2.45, 2.75) is 13.3 Å². The first-order chi connectivity index (χ1) is 9.11. The average Bonchev–Trinajstić information content (AvgIpc) is 2.39. The number of nitrogens with two attached hydrogens (primary N) is 1. The van der Waals surface area contributed by atoms with Gasteiger partial charge in [0.1, 0.15) is 11.6 Å². The predicted molar refractivity (Wildman–Crippen MR) is 82.7 cm³/mol. The van der Waals surface area contributed by atoms with Gasteiger partial charge in [-0.25, -0.2) is 4.98 Å². The van der Waals surface area contributed by atoms with Gasteiger partial charge in [0.2, 0.25) is 0 Å². The first-order valence-electron chi connectivity index (χ1n) is 6.22. The van der Waals surface area contributed by atoms with Crippen LogP contribution in [0.3, 0.4) is 0 Å². The third-order valence-corrected chi connectivity index (χ3v) is 3.24. The van der Waals surface area contributed by atoms with Crippen molar-refractivity contribution in [1.82, 2.24) is 4.98 Å². The van der Waals surface area contributed by atoms with Crippen molar-refractivity contribution in [1.29, 1.82) is 0 Å². The lowest BCUT2D eigenvalue weighted by molar-refractivity contribution is 0.476. The Bertz CT molecular complexity index is 600. The fraction of sp³-hybridized carbons (Fsp3) is 0.286. The van der Waals surface area contributed by atoms with Gasteiger partial charge < -0.3 is 15.7 Å². The molecule has 5 heteroatoms. The number of hydrogen-bond acceptors (Lipinski definition) is 4. The number of aromatic hydroxyl groups is 1. The summed E-state index contributed by atoms with van der Waals surface area (Å²) in [5.74, 6) is 1.10. The number of aromatic nitrogens is 1. The van der Waals surface area contributed by atoms with Crippen molar-refractivity contribution >= 4 is 33.8 Å². The highest BCUT2D eigenvalue weighted by molar-refractivity contribution is 7.80. The molecule has 19 heavy (non-hydrogen) atoms. The van der Waals surface area contributed by atoms with Crippen LogP contribution < -0.4 is 10.6 Å². The number of pyridine rings is 1. The fourth-order valence-electron chi connectivity index (χ4n) is 2.05. The smallest absolute Gasteiger partial charge is 0.136 e. The molecular weight excluding hydrogens is 258 g/mol. The molecule has 0 aliphatic rings. The van der Waals surface area contributed by atoms with E-state index in [0.717, 1.165) is 29.7 Å². The van der Waals surface area contributed by atoms with Crippen molar-refractivity contribution in [2.24, 2.45) is 5.73 Å². The minimum atomic E-state index is 0.243. The first-order valence-corrected chi connectivity index (χ1v) is 6.63. The van der Waals surface area contributed by atoms with Crippen LogP contribution in [-0.2, 0) is 0 Å². The SMILES string of the molecule is CCN(CCC(N)=S)c1nccc2ccc(O)cc12. The van der Waals surface area contributed by atoms with Crippen molar-refractivity contribution in [3.63, 3.8) is 0 Å². The molecule has 0 saturated carbocycles. The van der Waals surface area contributed by atoms with Crippen molar-refractivity contribution in [3.05, 3.63) is 30.5 Å². The molecule has 1 aromatic heterocycles. The molecule has 1 heterocycles. The van der Waals surface area contributed by atoms with Gasteiger partial charge in [-0.3, -0.25) is 0 Å². The van der Waals surface area contributed by atoms with E-state index in [1.165, 1.54) is 0 Å². The molecule has 0 unspecified atom stereocenters. The summed E-state index contributed by atoms with van der Waals surface area (Å²) in [6, 6.07) is 7.23. The standard InChI is InChI=1S/C14H17N3OS/c1-2-17(8-6-13(15)19)14-12-9-11(18)4-3-10(12)5-7-16-14/h3-5,7,9,18H,2,6,8H2,1H3,(H2,15,19). The maximum atomic E-state index is 9.64. The second kappa shape index (κ2) is 5.84. The van der Waals surface area contributed by atoms with Crippen LogP contribution in [-0.4, -0.2) is 28.2 Å². The van der Waals surface area contributed by atoms with Gasteiger partial charge in [-0.15, -0.1) is 0 Å². The van der Waals surface area contributed by atoms with E-state index in [-0.39, 0.29) is 5.75 Å². The number of nitrogens with zero attached hydrogens (tertiary/aromatic N) is 2. The zero-order valence-electron chi connectivity index (χ0n) is 10.8. The Kier molecular flexibility index (Phi) is 4.16. The highest BCUT2D eigenvalue weighted by atomic mass is 32.1. The molecule has 100 valence electrons. The van der Waals surface area contributed by atoms with Crippen molar-refractivity contribution in [3.8, 4) is 5.75 Å². The first kappa shape index (κ1) is 13.5. The van der Waals surface area contributed by atoms with E-state index < -0.39 is 0 Å². The molecule has 1 aromatic carbocycles. The Morgan fingerprint density at radius 1 is 1.42 bits per heavy atom. The number of anilines is 1. The maximum Gasteiger partial charge on any atom is 0.136 e. The molecule has 3 N–H and O–H groups in total. The molecule has 0 fully saturated rings. The lowest BCUT2D eigenvalue weighted by Gasteiger charge is -2.23. The molecule has 2 rings (SSSR count). The highest BCUT2D eigenvalue weighted by Gasteiger charge is 2.10. The molecule has 0 saturated heterocycles. The van der Waals surface area contributed by atoms with Gasteiger partial charge >= 0.3 is 0 Å². The monoisotopic (exact) mass is 275 g/mol. The van der Waals surface area contributed by atoms with Gasteiger partial charge in [0.05, 0.1) is 4.99 Å². The molecule has 0 amide bonds. The minimum Gasteiger partial charge on any atom is -0.508 e. The van der Waals surface area contributed by atoms with E-state index in [2.05, 4.69) is 16.8 Å². The van der Waals surface area contributed by atoms with E-state index in [1.54, 1.807) is 18.3 Å². The zero-order chi connectivity index (χ0) is 13.8. The van der Waals surface area contributed by atoms with Crippen molar-refractivity contribution < 1.29 is 5.11 Å². The predicted octanol–water partition coefficient (Wildman–Crippen LogP) is 2.44. The third-order valence-electron chi connectivity index (χ3n) is 3.04. The third kappa shape index (κ3) is 3.12. The van der Waals surface area contributed by atoms with Crippen LogP contribution in [0.15, 0.2) is 30.5 Å². The number of benzene rings is 1. The van der Waals surface area contributed by atoms with E-state index in [1.807, 2.05) is 12.1 Å². The molecule has 0 bridgehead atoms. The summed E-state index contributed by atoms with van der Waals surface area (Å²) >= 11 is 4.92. The molecule has 0 spiro atoms. The van der Waals surface area contributed by atoms with Gasteiger partial charge in [0.25, 0.3) is 0 Å². The summed E-state index contributed by atoms with van der Waals surface area (Å²) in [6.45, 7) is 3.60. The number of hydrogen-bond donors (Lipinski definition) is 2. The second-order valence-corrected chi connectivity index (χ2v) is 4.86. The number of phenolic OH excluding ortho intramolecular Hbond substituents is 1. The summed E-state index contributed by atoms with van der Waals surface area (Å²) in [6.07, 6.45) is 2.43. The Hall–Kier alpha value is -1.88. The molecular formula is C14H17N3OS. The zero-order valence-corrected chi connectivity index (χ0v) is 11.7. The fourth-order valence-corrected chi connectivity index (χ4v) is 2.14. The van der Waals surface area contributed by atoms with Gasteiger partial charge in [-0.1, -0.05) is 18.3 Å². The topological polar surface area (TPSA) is 62.4 Å². The Morgan fingerprint density at radius 2 is 2.21 bits per heavy atom. The Labute approximate surface area is 117 Å². The molecule has 2 aromatic rings. The van der Waals surface area contributed by atoms with Crippen LogP contribution in [0.1, 0.15) is 13.3 Å². The second-order valence-electron chi connectivity index (χ2n) is 4.34. The molecule has 4 nitrogen and oxygen atoms in total. The van der Waals surface area contributed by atoms with Gasteiger partial charge in [0.15, 0.2) is 0 Å². The summed E-state index contributed by atoms with van der Waals surface area (Å²) < 4.78 is 0. The summed E-state index contributed by atoms with van der Waals surface area (Å²) in [5.41, 5.74) is 5.55. The Balaban J connectivity index is 2.41. The van der Waals surface area contributed by atoms with E-state index >= 15 is 0 Å². The minimum absolute atomic E-state index is 0.243. The van der Waals surface area contributed by atoms with Crippen LogP contribution in [0.4, 0.5) is 5.82 Å². The van der Waals surface area contributed by atoms with Gasteiger partial charge in [0, 0.05) is 31.1 Å². The quantitative estimate of drug-likeness (QED) is 0.821. The summed E-state index contributed by atoms with van der Waals surface area (Å²) in [5, 5.41) is 11.6. The van der Waals surface area contributed by atoms with E-state index in [9.17, 15) is 5.11 Å². The number of phenols is 1. The van der Waals surface area contributed by atoms with Crippen LogP contribution in [0, 0.1) is 0 Å². The van der Waals surface area contributed by atoms with Crippen LogP contribution >= 0.6 is 12.2 Å². The summed E-state index contributed by atoms with van der Waals surface area (Å²) in [7, 11) is 0.